The lowest BCUT2D eigenvalue weighted by atomic mass is 10.2. The topological polar surface area (TPSA) is 72.4 Å². The molecule has 0 unspecified atom stereocenters. The van der Waals surface area contributed by atoms with E-state index in [1.807, 2.05) is 13.8 Å². The van der Waals surface area contributed by atoms with Gasteiger partial charge in [0.1, 0.15) is 10.8 Å². The normalized spacial score (nSPS) is 10.4. The molecule has 1 aromatic heterocycles. The van der Waals surface area contributed by atoms with Gasteiger partial charge in [0.15, 0.2) is 0 Å². The maximum absolute atomic E-state index is 12.3. The molecule has 0 atom stereocenters. The average Bonchev–Trinajstić information content (AvgIpc) is 2.42. The minimum Gasteiger partial charge on any atom is -0.469 e. The van der Waals surface area contributed by atoms with Crippen molar-refractivity contribution in [3.05, 3.63) is 23.2 Å². The van der Waals surface area contributed by atoms with E-state index in [1.54, 1.807) is 4.90 Å². The summed E-state index contributed by atoms with van der Waals surface area (Å²) in [5, 5.41) is 0.228. The van der Waals surface area contributed by atoms with E-state index in [0.29, 0.717) is 6.54 Å². The van der Waals surface area contributed by atoms with Gasteiger partial charge in [-0.25, -0.2) is 9.97 Å². The molecule has 0 saturated heterocycles. The Labute approximate surface area is 123 Å². The van der Waals surface area contributed by atoms with E-state index in [1.165, 1.54) is 19.5 Å². The summed E-state index contributed by atoms with van der Waals surface area (Å²) in [6.45, 7) is 4.80. The van der Waals surface area contributed by atoms with E-state index >= 15 is 0 Å². The molecule has 1 rings (SSSR count). The Kier molecular flexibility index (Phi) is 6.38. The second kappa shape index (κ2) is 7.79. The molecule has 0 radical (unpaired) electrons. The molecule has 0 aliphatic rings. The van der Waals surface area contributed by atoms with Gasteiger partial charge < -0.3 is 9.64 Å². The van der Waals surface area contributed by atoms with Crippen molar-refractivity contribution in [1.29, 1.82) is 0 Å². The molecule has 0 spiro atoms. The van der Waals surface area contributed by atoms with Crippen LogP contribution in [-0.2, 0) is 9.53 Å². The highest BCUT2D eigenvalue weighted by Crippen LogP contribution is 2.08. The second-order valence-corrected chi connectivity index (χ2v) is 5.08. The fourth-order valence-electron chi connectivity index (χ4n) is 1.63. The molecule has 0 saturated carbocycles. The van der Waals surface area contributed by atoms with Crippen molar-refractivity contribution in [2.45, 2.75) is 20.3 Å². The first-order chi connectivity index (χ1) is 9.43. The predicted molar refractivity (Wildman–Crippen MR) is 74.4 cm³/mol. The van der Waals surface area contributed by atoms with Gasteiger partial charge in [-0.1, -0.05) is 25.4 Å². The molecule has 7 heteroatoms. The highest BCUT2D eigenvalue weighted by atomic mass is 35.5. The second-order valence-electron chi connectivity index (χ2n) is 4.70. The van der Waals surface area contributed by atoms with Gasteiger partial charge in [0.25, 0.3) is 5.91 Å². The van der Waals surface area contributed by atoms with Crippen molar-refractivity contribution in [2.75, 3.05) is 20.2 Å². The van der Waals surface area contributed by atoms with Crippen LogP contribution in [0.15, 0.2) is 12.4 Å². The van der Waals surface area contributed by atoms with Gasteiger partial charge in [0.05, 0.1) is 25.9 Å². The summed E-state index contributed by atoms with van der Waals surface area (Å²) < 4.78 is 4.58. The fraction of sp³-hybridized carbons (Fsp3) is 0.538. The number of carbonyl (C=O) groups excluding carboxylic acids is 2. The largest absolute Gasteiger partial charge is 0.469 e. The molecule has 0 aliphatic carbocycles. The lowest BCUT2D eigenvalue weighted by Crippen LogP contribution is -2.36. The molecular weight excluding hydrogens is 282 g/mol. The van der Waals surface area contributed by atoms with Crippen LogP contribution in [0.3, 0.4) is 0 Å². The summed E-state index contributed by atoms with van der Waals surface area (Å²) in [7, 11) is 1.32. The van der Waals surface area contributed by atoms with Crippen LogP contribution in [0.25, 0.3) is 0 Å². The highest BCUT2D eigenvalue weighted by Gasteiger charge is 2.19. The van der Waals surface area contributed by atoms with Crippen molar-refractivity contribution in [3.63, 3.8) is 0 Å². The molecule has 0 aromatic carbocycles. The third-order valence-electron chi connectivity index (χ3n) is 2.53. The predicted octanol–water partition coefficient (Wildman–Crippen LogP) is 1.79. The van der Waals surface area contributed by atoms with Crippen LogP contribution in [0.5, 0.6) is 0 Å². The number of carbonyl (C=O) groups is 2. The smallest absolute Gasteiger partial charge is 0.307 e. The molecule has 0 fully saturated rings. The number of amides is 1. The number of ether oxygens (including phenoxy) is 1. The number of nitrogens with zero attached hydrogens (tertiary/aromatic N) is 3. The molecular formula is C13H18ClN3O3. The number of halogens is 1. The Balaban J connectivity index is 2.78. The number of hydrogen-bond donors (Lipinski definition) is 0. The monoisotopic (exact) mass is 299 g/mol. The summed E-state index contributed by atoms with van der Waals surface area (Å²) in [6.07, 6.45) is 2.80. The van der Waals surface area contributed by atoms with E-state index in [4.69, 9.17) is 11.6 Å². The SMILES string of the molecule is COC(=O)CCN(CC(C)C)C(=O)c1cnc(Cl)cn1. The summed E-state index contributed by atoms with van der Waals surface area (Å²) in [5.41, 5.74) is 0.208. The van der Waals surface area contributed by atoms with Crippen molar-refractivity contribution < 1.29 is 14.3 Å². The van der Waals surface area contributed by atoms with Gasteiger partial charge in [0, 0.05) is 13.1 Å². The van der Waals surface area contributed by atoms with E-state index in [-0.39, 0.29) is 41.6 Å². The van der Waals surface area contributed by atoms with E-state index in [0.717, 1.165) is 0 Å². The standard InChI is InChI=1S/C13H18ClN3O3/c1-9(2)8-17(5-4-12(18)20-3)13(19)10-6-16-11(14)7-15-10/h6-7,9H,4-5,8H2,1-3H3. The first-order valence-electron chi connectivity index (χ1n) is 6.27. The van der Waals surface area contributed by atoms with Crippen molar-refractivity contribution in [1.82, 2.24) is 14.9 Å². The Morgan fingerprint density at radius 2 is 2.05 bits per heavy atom. The summed E-state index contributed by atoms with van der Waals surface area (Å²) in [6, 6.07) is 0. The van der Waals surface area contributed by atoms with Gasteiger partial charge in [-0.15, -0.1) is 0 Å². The molecule has 0 bridgehead atoms. The molecule has 0 aliphatic heterocycles. The van der Waals surface area contributed by atoms with Crippen LogP contribution in [-0.4, -0.2) is 46.9 Å². The Bertz CT molecular complexity index is 462. The van der Waals surface area contributed by atoms with E-state index in [9.17, 15) is 9.59 Å². The maximum atomic E-state index is 12.3. The Morgan fingerprint density at radius 1 is 1.35 bits per heavy atom. The molecule has 0 N–H and O–H groups in total. The number of hydrogen-bond acceptors (Lipinski definition) is 5. The number of rotatable bonds is 6. The van der Waals surface area contributed by atoms with Crippen LogP contribution in [0, 0.1) is 5.92 Å². The Morgan fingerprint density at radius 3 is 2.55 bits per heavy atom. The van der Waals surface area contributed by atoms with Crippen molar-refractivity contribution >= 4 is 23.5 Å². The summed E-state index contributed by atoms with van der Waals surface area (Å²) in [5.74, 6) is -0.350. The zero-order valence-electron chi connectivity index (χ0n) is 11.8. The van der Waals surface area contributed by atoms with Gasteiger partial charge in [-0.05, 0) is 5.92 Å². The zero-order chi connectivity index (χ0) is 15.1. The third kappa shape index (κ3) is 5.13. The number of aromatic nitrogens is 2. The minimum atomic E-state index is -0.353. The maximum Gasteiger partial charge on any atom is 0.307 e. The first-order valence-corrected chi connectivity index (χ1v) is 6.65. The van der Waals surface area contributed by atoms with Crippen LogP contribution in [0.2, 0.25) is 5.15 Å². The Hall–Kier alpha value is -1.69. The van der Waals surface area contributed by atoms with Crippen molar-refractivity contribution in [3.8, 4) is 0 Å². The highest BCUT2D eigenvalue weighted by molar-refractivity contribution is 6.29. The number of esters is 1. The van der Waals surface area contributed by atoms with Gasteiger partial charge >= 0.3 is 5.97 Å². The van der Waals surface area contributed by atoms with Gasteiger partial charge in [-0.2, -0.15) is 0 Å². The first kappa shape index (κ1) is 16.4. The van der Waals surface area contributed by atoms with Crippen LogP contribution in [0.1, 0.15) is 30.8 Å². The molecule has 1 aromatic rings. The van der Waals surface area contributed by atoms with Crippen molar-refractivity contribution in [2.24, 2.45) is 5.92 Å². The minimum absolute atomic E-state index is 0.149. The molecule has 1 amide bonds. The fourth-order valence-corrected chi connectivity index (χ4v) is 1.73. The average molecular weight is 300 g/mol. The van der Waals surface area contributed by atoms with Gasteiger partial charge in [0.2, 0.25) is 0 Å². The number of methoxy groups -OCH3 is 1. The summed E-state index contributed by atoms with van der Waals surface area (Å²) in [4.78, 5) is 32.9. The molecule has 6 nitrogen and oxygen atoms in total. The summed E-state index contributed by atoms with van der Waals surface area (Å²) >= 11 is 5.64. The lowest BCUT2D eigenvalue weighted by molar-refractivity contribution is -0.140. The van der Waals surface area contributed by atoms with E-state index < -0.39 is 0 Å². The third-order valence-corrected chi connectivity index (χ3v) is 2.72. The van der Waals surface area contributed by atoms with Crippen LogP contribution in [0.4, 0.5) is 0 Å². The van der Waals surface area contributed by atoms with E-state index in [2.05, 4.69) is 14.7 Å². The quantitative estimate of drug-likeness (QED) is 0.749. The molecule has 1 heterocycles. The van der Waals surface area contributed by atoms with Gasteiger partial charge in [-0.3, -0.25) is 9.59 Å². The zero-order valence-corrected chi connectivity index (χ0v) is 12.6. The molecule has 20 heavy (non-hydrogen) atoms. The lowest BCUT2D eigenvalue weighted by Gasteiger charge is -2.23. The van der Waals surface area contributed by atoms with Crippen LogP contribution >= 0.6 is 11.6 Å². The molecule has 110 valence electrons. The van der Waals surface area contributed by atoms with Crippen LogP contribution < -0.4 is 0 Å².